The molecule has 2 N–H and O–H groups in total. The molecule has 134 valence electrons. The average Bonchev–Trinajstić information content (AvgIpc) is 2.60. The van der Waals surface area contributed by atoms with Gasteiger partial charge in [-0.15, -0.1) is 0 Å². The number of aromatic nitrogens is 1. The molecule has 26 heavy (non-hydrogen) atoms. The van der Waals surface area contributed by atoms with Crippen molar-refractivity contribution < 1.29 is 14.0 Å². The van der Waals surface area contributed by atoms with Gasteiger partial charge in [-0.2, -0.15) is 5.10 Å². The van der Waals surface area contributed by atoms with Crippen LogP contribution in [0.15, 0.2) is 47.7 Å². The third-order valence-electron chi connectivity index (χ3n) is 4.48. The number of halogens is 1. The molecule has 2 amide bonds. The van der Waals surface area contributed by atoms with Gasteiger partial charge in [0.2, 0.25) is 5.91 Å². The monoisotopic (exact) mass is 354 g/mol. The molecule has 1 aliphatic rings. The van der Waals surface area contributed by atoms with Crippen LogP contribution in [0.25, 0.3) is 0 Å². The van der Waals surface area contributed by atoms with Gasteiger partial charge >= 0.3 is 0 Å². The van der Waals surface area contributed by atoms with E-state index in [1.165, 1.54) is 19.2 Å². The zero-order valence-corrected chi connectivity index (χ0v) is 14.5. The minimum Gasteiger partial charge on any atom is -0.364 e. The molecule has 2 atom stereocenters. The van der Waals surface area contributed by atoms with Gasteiger partial charge in [-0.05, 0) is 35.7 Å². The fourth-order valence-electron chi connectivity index (χ4n) is 3.15. The minimum absolute atomic E-state index is 0.116. The molecule has 0 saturated heterocycles. The summed E-state index contributed by atoms with van der Waals surface area (Å²) in [5, 5.41) is 5.15. The number of hydrogen-bond donors (Lipinski definition) is 1. The molecule has 2 heterocycles. The first-order valence-corrected chi connectivity index (χ1v) is 8.22. The molecule has 0 saturated carbocycles. The summed E-state index contributed by atoms with van der Waals surface area (Å²) in [4.78, 5) is 28.4. The molecule has 0 bridgehead atoms. The van der Waals surface area contributed by atoms with Crippen LogP contribution in [0.5, 0.6) is 0 Å². The van der Waals surface area contributed by atoms with Gasteiger partial charge in [0, 0.05) is 13.2 Å². The number of primary amides is 1. The van der Waals surface area contributed by atoms with Crippen molar-refractivity contribution in [2.75, 3.05) is 7.05 Å². The van der Waals surface area contributed by atoms with Crippen molar-refractivity contribution >= 4 is 17.5 Å². The van der Waals surface area contributed by atoms with E-state index in [0.717, 1.165) is 16.1 Å². The summed E-state index contributed by atoms with van der Waals surface area (Å²) in [7, 11) is 1.49. The lowest BCUT2D eigenvalue weighted by molar-refractivity contribution is -0.134. The fraction of sp³-hybridized carbons (Fsp3) is 0.263. The van der Waals surface area contributed by atoms with Crippen molar-refractivity contribution in [1.82, 2.24) is 9.99 Å². The van der Waals surface area contributed by atoms with Gasteiger partial charge in [-0.3, -0.25) is 14.6 Å². The number of hydrazone groups is 1. The molecule has 2 aromatic rings. The topological polar surface area (TPSA) is 88.6 Å². The number of amides is 2. The first kappa shape index (κ1) is 17.7. The molecule has 7 heteroatoms. The molecular weight excluding hydrogens is 335 g/mol. The predicted octanol–water partition coefficient (Wildman–Crippen LogP) is 1.84. The number of carbonyl (C=O) groups excluding carboxylic acids is 2. The summed E-state index contributed by atoms with van der Waals surface area (Å²) < 4.78 is 13.3. The standard InChI is InChI=1S/C19H19FN4O2/c1-11-16(17(18(21)25)23-24(2)19(11)26)15-7-6-13(10-22-15)8-12-4-3-5-14(20)9-12/h3-7,9-11,16H,8H2,1-2H3,(H2,21,25). The van der Waals surface area contributed by atoms with Gasteiger partial charge < -0.3 is 5.73 Å². The minimum atomic E-state index is -0.674. The average molecular weight is 354 g/mol. The zero-order chi connectivity index (χ0) is 18.8. The number of carbonyl (C=O) groups is 2. The Balaban J connectivity index is 1.88. The van der Waals surface area contributed by atoms with Gasteiger partial charge in [0.05, 0.1) is 17.5 Å². The summed E-state index contributed by atoms with van der Waals surface area (Å²) in [6.07, 6.45) is 2.19. The zero-order valence-electron chi connectivity index (χ0n) is 14.5. The van der Waals surface area contributed by atoms with E-state index in [2.05, 4.69) is 10.1 Å². The highest BCUT2D eigenvalue weighted by Crippen LogP contribution is 2.30. The lowest BCUT2D eigenvalue weighted by Gasteiger charge is -2.30. The van der Waals surface area contributed by atoms with Crippen LogP contribution in [-0.4, -0.2) is 34.6 Å². The molecule has 3 rings (SSSR count). The maximum atomic E-state index is 13.3. The van der Waals surface area contributed by atoms with E-state index in [-0.39, 0.29) is 17.4 Å². The highest BCUT2D eigenvalue weighted by molar-refractivity contribution is 6.41. The summed E-state index contributed by atoms with van der Waals surface area (Å²) >= 11 is 0. The van der Waals surface area contributed by atoms with E-state index in [9.17, 15) is 14.0 Å². The number of rotatable bonds is 4. The Labute approximate surface area is 150 Å². The van der Waals surface area contributed by atoms with Gasteiger partial charge in [0.1, 0.15) is 11.5 Å². The van der Waals surface area contributed by atoms with Gasteiger partial charge in [-0.1, -0.05) is 25.1 Å². The van der Waals surface area contributed by atoms with Crippen molar-refractivity contribution in [3.8, 4) is 0 Å². The Bertz CT molecular complexity index is 879. The second-order valence-corrected chi connectivity index (χ2v) is 6.38. The lowest BCUT2D eigenvalue weighted by Crippen LogP contribution is -2.45. The molecule has 6 nitrogen and oxygen atoms in total. The first-order valence-electron chi connectivity index (χ1n) is 8.22. The quantitative estimate of drug-likeness (QED) is 0.909. The second kappa shape index (κ2) is 7.03. The second-order valence-electron chi connectivity index (χ2n) is 6.38. The van der Waals surface area contributed by atoms with E-state index >= 15 is 0 Å². The number of hydrogen-bond acceptors (Lipinski definition) is 4. The van der Waals surface area contributed by atoms with Crippen LogP contribution in [0, 0.1) is 11.7 Å². The number of pyridine rings is 1. The van der Waals surface area contributed by atoms with E-state index < -0.39 is 17.7 Å². The normalized spacial score (nSPS) is 20.0. The highest BCUT2D eigenvalue weighted by Gasteiger charge is 2.39. The van der Waals surface area contributed by atoms with Crippen LogP contribution in [0.1, 0.15) is 29.7 Å². The van der Waals surface area contributed by atoms with Crippen LogP contribution in [0.2, 0.25) is 0 Å². The summed E-state index contributed by atoms with van der Waals surface area (Å²) in [6.45, 7) is 1.73. The Morgan fingerprint density at radius 1 is 1.27 bits per heavy atom. The van der Waals surface area contributed by atoms with Crippen LogP contribution in [0.3, 0.4) is 0 Å². The smallest absolute Gasteiger partial charge is 0.265 e. The van der Waals surface area contributed by atoms with Crippen molar-refractivity contribution in [1.29, 1.82) is 0 Å². The molecule has 0 radical (unpaired) electrons. The predicted molar refractivity (Wildman–Crippen MR) is 94.7 cm³/mol. The van der Waals surface area contributed by atoms with Crippen LogP contribution < -0.4 is 5.73 Å². The largest absolute Gasteiger partial charge is 0.364 e. The van der Waals surface area contributed by atoms with Crippen molar-refractivity contribution in [3.05, 3.63) is 65.2 Å². The van der Waals surface area contributed by atoms with Crippen molar-refractivity contribution in [3.63, 3.8) is 0 Å². The van der Waals surface area contributed by atoms with Crippen molar-refractivity contribution in [2.24, 2.45) is 16.8 Å². The lowest BCUT2D eigenvalue weighted by atomic mass is 9.84. The van der Waals surface area contributed by atoms with Gasteiger partial charge in [0.25, 0.3) is 5.91 Å². The summed E-state index contributed by atoms with van der Waals surface area (Å²) in [6, 6.07) is 9.98. The van der Waals surface area contributed by atoms with Crippen LogP contribution >= 0.6 is 0 Å². The third kappa shape index (κ3) is 3.46. The number of benzene rings is 1. The van der Waals surface area contributed by atoms with E-state index in [1.807, 2.05) is 12.1 Å². The van der Waals surface area contributed by atoms with Gasteiger partial charge in [0.15, 0.2) is 0 Å². The SMILES string of the molecule is CC1C(=O)N(C)N=C(C(N)=O)C1c1ccc(Cc2cccc(F)c2)cn1. The Kier molecular flexibility index (Phi) is 4.79. The third-order valence-corrected chi connectivity index (χ3v) is 4.48. The molecule has 1 aromatic carbocycles. The maximum absolute atomic E-state index is 13.3. The fourth-order valence-corrected chi connectivity index (χ4v) is 3.15. The Morgan fingerprint density at radius 2 is 2.04 bits per heavy atom. The number of nitrogens with zero attached hydrogens (tertiary/aromatic N) is 3. The summed E-state index contributed by atoms with van der Waals surface area (Å²) in [5.41, 5.74) is 7.84. The summed E-state index contributed by atoms with van der Waals surface area (Å²) in [5.74, 6) is -2.24. The molecule has 1 aromatic heterocycles. The van der Waals surface area contributed by atoms with E-state index in [0.29, 0.717) is 12.1 Å². The van der Waals surface area contributed by atoms with E-state index in [1.54, 1.807) is 25.3 Å². The molecule has 0 fully saturated rings. The van der Waals surface area contributed by atoms with Crippen LogP contribution in [0.4, 0.5) is 4.39 Å². The molecule has 2 unspecified atom stereocenters. The molecule has 0 spiro atoms. The number of nitrogens with two attached hydrogens (primary N) is 1. The van der Waals surface area contributed by atoms with E-state index in [4.69, 9.17) is 5.73 Å². The highest BCUT2D eigenvalue weighted by atomic mass is 19.1. The molecular formula is C19H19FN4O2. The van der Waals surface area contributed by atoms with Crippen LogP contribution in [-0.2, 0) is 16.0 Å². The molecule has 1 aliphatic heterocycles. The Hall–Kier alpha value is -3.09. The first-order chi connectivity index (χ1) is 12.4. The van der Waals surface area contributed by atoms with Crippen molar-refractivity contribution in [2.45, 2.75) is 19.3 Å². The maximum Gasteiger partial charge on any atom is 0.265 e. The Morgan fingerprint density at radius 3 is 2.65 bits per heavy atom. The van der Waals surface area contributed by atoms with Gasteiger partial charge in [-0.25, -0.2) is 9.40 Å². The molecule has 0 aliphatic carbocycles.